The van der Waals surface area contributed by atoms with Crippen LogP contribution in [0, 0.1) is 0 Å². The summed E-state index contributed by atoms with van der Waals surface area (Å²) in [5.74, 6) is -0.736. The van der Waals surface area contributed by atoms with Gasteiger partial charge in [0.1, 0.15) is 74.3 Å². The highest BCUT2D eigenvalue weighted by atomic mass is 16.6. The molecule has 0 aromatic rings. The van der Waals surface area contributed by atoms with Crippen LogP contribution in [-0.2, 0) is 61.7 Å². The standard InChI is InChI=1S/C66H126O23/c1-3-5-7-9-11-13-15-17-19-21-23-25-27-29-31-33-65(77)88-53-63(75)51-86-49-61(73)47-84-45-59(71)43-82-41-57(69)39-80-37-55(67)35-79-36-56(68)38-81-40-58(70)42-83-44-60(72)46-85-48-62(74)50-87-52-64(76)54-89-66(78)34-32-30-28-26-24-22-20-18-16-14-12-10-8-6-4-2/h17-20,55-64,67-76H,3-16,21-54H2,1-2H3/b19-17-,20-18-. The highest BCUT2D eigenvalue weighted by molar-refractivity contribution is 5.69. The third-order valence-corrected chi connectivity index (χ3v) is 13.7. The van der Waals surface area contributed by atoms with Crippen molar-refractivity contribution in [1.82, 2.24) is 0 Å². The summed E-state index contributed by atoms with van der Waals surface area (Å²) in [5, 5.41) is 101. The lowest BCUT2D eigenvalue weighted by Crippen LogP contribution is -2.32. The van der Waals surface area contributed by atoms with Crippen LogP contribution >= 0.6 is 0 Å². The van der Waals surface area contributed by atoms with E-state index in [0.29, 0.717) is 12.8 Å². The summed E-state index contributed by atoms with van der Waals surface area (Å²) in [5.41, 5.74) is 0. The molecule has 0 aromatic heterocycles. The van der Waals surface area contributed by atoms with Gasteiger partial charge < -0.3 is 103 Å². The molecule has 528 valence electrons. The average molecular weight is 1290 g/mol. The Morgan fingerprint density at radius 1 is 0.236 bits per heavy atom. The molecule has 0 aliphatic carbocycles. The van der Waals surface area contributed by atoms with Gasteiger partial charge in [0, 0.05) is 12.8 Å². The zero-order valence-electron chi connectivity index (χ0n) is 54.8. The number of allylic oxidation sites excluding steroid dienone is 4. The molecule has 0 saturated carbocycles. The molecule has 0 aliphatic heterocycles. The number of ether oxygens (including phenoxy) is 11. The molecule has 23 nitrogen and oxygen atoms in total. The van der Waals surface area contributed by atoms with Crippen LogP contribution in [0.3, 0.4) is 0 Å². The van der Waals surface area contributed by atoms with Gasteiger partial charge in [-0.2, -0.15) is 0 Å². The number of hydrogen-bond acceptors (Lipinski definition) is 23. The Bertz CT molecular complexity index is 1460. The minimum Gasteiger partial charge on any atom is -0.463 e. The highest BCUT2D eigenvalue weighted by Gasteiger charge is 2.17. The fourth-order valence-corrected chi connectivity index (χ4v) is 8.74. The predicted molar refractivity (Wildman–Crippen MR) is 338 cm³/mol. The van der Waals surface area contributed by atoms with Crippen molar-refractivity contribution in [2.75, 3.05) is 132 Å². The average Bonchev–Trinajstić information content (AvgIpc) is 3.52. The van der Waals surface area contributed by atoms with E-state index in [1.165, 1.54) is 89.9 Å². The van der Waals surface area contributed by atoms with Gasteiger partial charge in [-0.3, -0.25) is 9.59 Å². The summed E-state index contributed by atoms with van der Waals surface area (Å²) in [6.45, 7) is 0.971. The van der Waals surface area contributed by atoms with E-state index in [1.807, 2.05) is 0 Å². The van der Waals surface area contributed by atoms with Crippen molar-refractivity contribution in [3.63, 3.8) is 0 Å². The SMILES string of the molecule is CCCCCCCC/C=C\CCCCCCCC(=O)OCC(O)COCC(O)COCC(O)COCC(O)COCC(O)COCC(O)COCC(O)COCC(O)COCC(O)COCC(O)COC(=O)CCCCCCC/C=C\CCCCCCCC. The molecular formula is C66H126O23. The molecule has 0 amide bonds. The van der Waals surface area contributed by atoms with Crippen LogP contribution in [0.15, 0.2) is 24.3 Å². The van der Waals surface area contributed by atoms with Crippen LogP contribution in [0.1, 0.15) is 194 Å². The highest BCUT2D eigenvalue weighted by Crippen LogP contribution is 2.13. The van der Waals surface area contributed by atoms with Crippen molar-refractivity contribution >= 4 is 11.9 Å². The molecule has 0 saturated heterocycles. The fourth-order valence-electron chi connectivity index (χ4n) is 8.74. The van der Waals surface area contributed by atoms with Gasteiger partial charge in [-0.05, 0) is 64.2 Å². The summed E-state index contributed by atoms with van der Waals surface area (Å²) < 4.78 is 58.0. The van der Waals surface area contributed by atoms with E-state index in [9.17, 15) is 60.7 Å². The molecule has 89 heavy (non-hydrogen) atoms. The van der Waals surface area contributed by atoms with E-state index in [1.54, 1.807) is 0 Å². The Hall–Kier alpha value is -2.34. The largest absolute Gasteiger partial charge is 0.463 e. The van der Waals surface area contributed by atoms with Crippen LogP contribution in [0.4, 0.5) is 0 Å². The van der Waals surface area contributed by atoms with Crippen LogP contribution < -0.4 is 0 Å². The second-order valence-electron chi connectivity index (χ2n) is 23.4. The molecule has 10 N–H and O–H groups in total. The molecule has 0 heterocycles. The lowest BCUT2D eigenvalue weighted by molar-refractivity contribution is -0.149. The second kappa shape index (κ2) is 65.7. The first-order chi connectivity index (χ1) is 43.1. The van der Waals surface area contributed by atoms with E-state index in [4.69, 9.17) is 52.1 Å². The van der Waals surface area contributed by atoms with Crippen molar-refractivity contribution < 1.29 is 113 Å². The third-order valence-electron chi connectivity index (χ3n) is 13.7. The lowest BCUT2D eigenvalue weighted by Gasteiger charge is -2.18. The molecule has 0 bridgehead atoms. The van der Waals surface area contributed by atoms with E-state index in [0.717, 1.165) is 77.0 Å². The molecule has 0 radical (unpaired) electrons. The summed E-state index contributed by atoms with van der Waals surface area (Å²) >= 11 is 0. The van der Waals surface area contributed by atoms with Crippen molar-refractivity contribution in [3.05, 3.63) is 24.3 Å². The first-order valence-corrected chi connectivity index (χ1v) is 33.8. The molecule has 0 aromatic carbocycles. The van der Waals surface area contributed by atoms with Gasteiger partial charge in [-0.15, -0.1) is 0 Å². The zero-order chi connectivity index (χ0) is 65.5. The van der Waals surface area contributed by atoms with Gasteiger partial charge in [0.2, 0.25) is 0 Å². The number of hydrogen-bond donors (Lipinski definition) is 10. The molecule has 10 atom stereocenters. The van der Waals surface area contributed by atoms with E-state index < -0.39 is 61.0 Å². The molecule has 0 spiro atoms. The van der Waals surface area contributed by atoms with Gasteiger partial charge in [0.25, 0.3) is 0 Å². The molecule has 0 rings (SSSR count). The summed E-state index contributed by atoms with van der Waals surface area (Å²) in [6, 6.07) is 0. The van der Waals surface area contributed by atoms with E-state index in [-0.39, 0.29) is 144 Å². The van der Waals surface area contributed by atoms with Gasteiger partial charge in [0.15, 0.2) is 0 Å². The lowest BCUT2D eigenvalue weighted by atomic mass is 10.1. The van der Waals surface area contributed by atoms with Crippen molar-refractivity contribution in [3.8, 4) is 0 Å². The number of carbonyl (C=O) groups excluding carboxylic acids is 2. The van der Waals surface area contributed by atoms with Crippen LogP contribution in [-0.4, -0.2) is 256 Å². The number of rotatable bonds is 70. The minimum atomic E-state index is -1.07. The van der Waals surface area contributed by atoms with Crippen LogP contribution in [0.2, 0.25) is 0 Å². The first-order valence-electron chi connectivity index (χ1n) is 33.8. The number of carbonyl (C=O) groups is 2. The number of unbranched alkanes of at least 4 members (excludes halogenated alkanes) is 22. The topological polar surface area (TPSA) is 338 Å². The zero-order valence-corrected chi connectivity index (χ0v) is 54.8. The first kappa shape index (κ1) is 86.7. The number of esters is 2. The smallest absolute Gasteiger partial charge is 0.305 e. The Balaban J connectivity index is 3.74. The summed E-state index contributed by atoms with van der Waals surface area (Å²) in [7, 11) is 0. The molecule has 0 fully saturated rings. The maximum Gasteiger partial charge on any atom is 0.305 e. The van der Waals surface area contributed by atoms with E-state index in [2.05, 4.69) is 38.2 Å². The van der Waals surface area contributed by atoms with Crippen molar-refractivity contribution in [1.29, 1.82) is 0 Å². The molecule has 23 heteroatoms. The Morgan fingerprint density at radius 2 is 0.393 bits per heavy atom. The predicted octanol–water partition coefficient (Wildman–Crippen LogP) is 5.91. The van der Waals surface area contributed by atoms with Crippen molar-refractivity contribution in [2.24, 2.45) is 0 Å². The third kappa shape index (κ3) is 65.5. The van der Waals surface area contributed by atoms with Gasteiger partial charge >= 0.3 is 11.9 Å². The van der Waals surface area contributed by atoms with Crippen molar-refractivity contribution in [2.45, 2.75) is 255 Å². The second-order valence-corrected chi connectivity index (χ2v) is 23.4. The fraction of sp³-hybridized carbons (Fsp3) is 0.909. The maximum atomic E-state index is 12.1. The number of aliphatic hydroxyl groups excluding tert-OH is 10. The van der Waals surface area contributed by atoms with Gasteiger partial charge in [-0.1, -0.05) is 141 Å². The Morgan fingerprint density at radius 3 is 0.584 bits per heavy atom. The quantitative estimate of drug-likeness (QED) is 0.0192. The molecular weight excluding hydrogens is 1160 g/mol. The monoisotopic (exact) mass is 1290 g/mol. The Kier molecular flexibility index (Phi) is 64.0. The summed E-state index contributed by atoms with van der Waals surface area (Å²) in [6.07, 6.45) is 29.6. The molecule has 10 unspecified atom stereocenters. The molecule has 0 aliphatic rings. The Labute approximate surface area is 534 Å². The minimum absolute atomic E-state index is 0.150. The van der Waals surface area contributed by atoms with Gasteiger partial charge in [0.05, 0.1) is 119 Å². The van der Waals surface area contributed by atoms with E-state index >= 15 is 0 Å². The van der Waals surface area contributed by atoms with Gasteiger partial charge in [-0.25, -0.2) is 0 Å². The number of aliphatic hydroxyl groups is 10. The van der Waals surface area contributed by atoms with Crippen LogP contribution in [0.25, 0.3) is 0 Å². The summed E-state index contributed by atoms with van der Waals surface area (Å²) in [4.78, 5) is 24.1. The van der Waals surface area contributed by atoms with Crippen LogP contribution in [0.5, 0.6) is 0 Å². The normalized spacial score (nSPS) is 15.5. The maximum absolute atomic E-state index is 12.1.